The Morgan fingerprint density at radius 1 is 1.45 bits per heavy atom. The van der Waals surface area contributed by atoms with Crippen molar-refractivity contribution in [2.24, 2.45) is 11.7 Å². The summed E-state index contributed by atoms with van der Waals surface area (Å²) in [6.07, 6.45) is 1.63. The van der Waals surface area contributed by atoms with Crippen molar-refractivity contribution in [3.05, 3.63) is 0 Å². The molecule has 0 aromatic rings. The van der Waals surface area contributed by atoms with Crippen LogP contribution in [0.2, 0.25) is 0 Å². The van der Waals surface area contributed by atoms with Gasteiger partial charge in [0.05, 0.1) is 12.5 Å². The van der Waals surface area contributed by atoms with Gasteiger partial charge in [-0.25, -0.2) is 0 Å². The third-order valence-corrected chi connectivity index (χ3v) is 5.59. The Kier molecular flexibility index (Phi) is 5.89. The molecule has 1 rings (SSSR count). The normalized spacial score (nSPS) is 27.2. The molecule has 3 unspecified atom stereocenters. The quantitative estimate of drug-likeness (QED) is 0.664. The van der Waals surface area contributed by atoms with Gasteiger partial charge in [0.1, 0.15) is 0 Å². The second-order valence-corrected chi connectivity index (χ2v) is 8.26. The fraction of sp³-hybridized carbons (Fsp3) is 0.857. The molecule has 0 aromatic heterocycles. The van der Waals surface area contributed by atoms with Crippen molar-refractivity contribution < 1.29 is 14.7 Å². The van der Waals surface area contributed by atoms with Gasteiger partial charge >= 0.3 is 5.97 Å². The Bertz CT molecular complexity index is 373. The number of rotatable bonds is 7. The van der Waals surface area contributed by atoms with Crippen LogP contribution in [-0.4, -0.2) is 39.1 Å². The fourth-order valence-electron chi connectivity index (χ4n) is 2.86. The lowest BCUT2D eigenvalue weighted by Crippen LogP contribution is -2.48. The number of carboxylic acids is 1. The van der Waals surface area contributed by atoms with E-state index in [-0.39, 0.29) is 18.4 Å². The highest BCUT2D eigenvalue weighted by molar-refractivity contribution is 8.02. The second-order valence-electron chi connectivity index (χ2n) is 6.22. The van der Waals surface area contributed by atoms with Gasteiger partial charge in [-0.1, -0.05) is 20.8 Å². The molecule has 20 heavy (non-hydrogen) atoms. The minimum absolute atomic E-state index is 0.0240. The summed E-state index contributed by atoms with van der Waals surface area (Å²) in [5.41, 5.74) is 5.53. The molecule has 116 valence electrons. The van der Waals surface area contributed by atoms with E-state index >= 15 is 0 Å². The van der Waals surface area contributed by atoms with Crippen LogP contribution < -0.4 is 11.1 Å². The van der Waals surface area contributed by atoms with Gasteiger partial charge in [0.25, 0.3) is 0 Å². The lowest BCUT2D eigenvalue weighted by molar-refractivity contribution is -0.139. The average molecular weight is 302 g/mol. The molecule has 4 N–H and O–H groups in total. The number of amides is 1. The minimum Gasteiger partial charge on any atom is -0.481 e. The van der Waals surface area contributed by atoms with E-state index in [0.29, 0.717) is 15.9 Å². The summed E-state index contributed by atoms with van der Waals surface area (Å²) in [7, 11) is 0. The van der Waals surface area contributed by atoms with E-state index in [2.05, 4.69) is 26.1 Å². The van der Waals surface area contributed by atoms with E-state index < -0.39 is 12.0 Å². The molecule has 0 aromatic carbocycles. The largest absolute Gasteiger partial charge is 0.481 e. The Balaban J connectivity index is 2.31. The first-order valence-corrected chi connectivity index (χ1v) is 7.97. The number of aliphatic carboxylic acids is 1. The Labute approximate surface area is 125 Å². The Morgan fingerprint density at radius 2 is 2.05 bits per heavy atom. The zero-order valence-corrected chi connectivity index (χ0v) is 13.5. The van der Waals surface area contributed by atoms with Crippen LogP contribution >= 0.6 is 11.8 Å². The summed E-state index contributed by atoms with van der Waals surface area (Å²) in [6.45, 7) is 8.70. The molecule has 0 aliphatic carbocycles. The van der Waals surface area contributed by atoms with Crippen molar-refractivity contribution in [1.82, 2.24) is 5.32 Å². The van der Waals surface area contributed by atoms with Crippen molar-refractivity contribution in [3.63, 3.8) is 0 Å². The van der Waals surface area contributed by atoms with Crippen molar-refractivity contribution in [2.75, 3.05) is 0 Å². The van der Waals surface area contributed by atoms with Crippen LogP contribution in [0.3, 0.4) is 0 Å². The maximum atomic E-state index is 11.7. The number of nitrogens with two attached hydrogens (primary N) is 1. The molecule has 5 nitrogen and oxygen atoms in total. The first kappa shape index (κ1) is 17.3. The van der Waals surface area contributed by atoms with Crippen LogP contribution in [0.25, 0.3) is 0 Å². The van der Waals surface area contributed by atoms with Gasteiger partial charge in [-0.2, -0.15) is 11.8 Å². The van der Waals surface area contributed by atoms with Crippen LogP contribution in [-0.2, 0) is 9.59 Å². The van der Waals surface area contributed by atoms with Crippen LogP contribution in [0, 0.1) is 5.92 Å². The zero-order chi connectivity index (χ0) is 15.5. The van der Waals surface area contributed by atoms with Gasteiger partial charge < -0.3 is 16.2 Å². The third kappa shape index (κ3) is 4.66. The summed E-state index contributed by atoms with van der Waals surface area (Å²) < 4.78 is 0.322. The molecular weight excluding hydrogens is 276 g/mol. The van der Waals surface area contributed by atoms with E-state index in [0.717, 1.165) is 12.8 Å². The fourth-order valence-corrected chi connectivity index (χ4v) is 4.73. The van der Waals surface area contributed by atoms with Crippen molar-refractivity contribution in [1.29, 1.82) is 0 Å². The summed E-state index contributed by atoms with van der Waals surface area (Å²) in [5, 5.41) is 12.1. The summed E-state index contributed by atoms with van der Waals surface area (Å²) in [4.78, 5) is 22.2. The van der Waals surface area contributed by atoms with Gasteiger partial charge in [-0.05, 0) is 25.7 Å². The standard InChI is InChI=1S/C14H26N2O3S/c1-8(16-13(19)11(15)7-12(17)18)5-6-10-9(2)20-14(10,3)4/h8-11H,5-7,15H2,1-4H3,(H,16,19)(H,17,18)/t8?,9?,10?,11-/m0/s1. The molecule has 0 saturated carbocycles. The number of carbonyl (C=O) groups excluding carboxylic acids is 1. The van der Waals surface area contributed by atoms with Gasteiger partial charge in [-0.15, -0.1) is 0 Å². The topological polar surface area (TPSA) is 92.4 Å². The van der Waals surface area contributed by atoms with E-state index in [9.17, 15) is 9.59 Å². The minimum atomic E-state index is -1.05. The Morgan fingerprint density at radius 3 is 2.50 bits per heavy atom. The molecule has 0 bridgehead atoms. The molecule has 1 aliphatic rings. The summed E-state index contributed by atoms with van der Waals surface area (Å²) in [6, 6.07) is -0.944. The number of hydrogen-bond acceptors (Lipinski definition) is 4. The third-order valence-electron chi connectivity index (χ3n) is 3.98. The lowest BCUT2D eigenvalue weighted by atomic mass is 9.85. The highest BCUT2D eigenvalue weighted by Gasteiger charge is 2.45. The molecule has 0 radical (unpaired) electrons. The Hall–Kier alpha value is -0.750. The molecule has 1 aliphatic heterocycles. The van der Waals surface area contributed by atoms with E-state index in [1.807, 2.05) is 18.7 Å². The predicted octanol–water partition coefficient (Wildman–Crippen LogP) is 1.60. The van der Waals surface area contributed by atoms with Gasteiger partial charge in [-0.3, -0.25) is 9.59 Å². The van der Waals surface area contributed by atoms with Gasteiger partial charge in [0.2, 0.25) is 5.91 Å². The lowest BCUT2D eigenvalue weighted by Gasteiger charge is -2.50. The number of hydrogen-bond donors (Lipinski definition) is 3. The van der Waals surface area contributed by atoms with E-state index in [1.165, 1.54) is 0 Å². The average Bonchev–Trinajstić information content (AvgIpc) is 2.26. The zero-order valence-electron chi connectivity index (χ0n) is 12.7. The molecule has 0 spiro atoms. The maximum absolute atomic E-state index is 11.7. The van der Waals surface area contributed by atoms with Crippen LogP contribution in [0.15, 0.2) is 0 Å². The van der Waals surface area contributed by atoms with Crippen molar-refractivity contribution in [3.8, 4) is 0 Å². The molecule has 6 heteroatoms. The van der Waals surface area contributed by atoms with Crippen LogP contribution in [0.5, 0.6) is 0 Å². The first-order valence-electron chi connectivity index (χ1n) is 7.09. The highest BCUT2D eigenvalue weighted by atomic mass is 32.2. The smallest absolute Gasteiger partial charge is 0.305 e. The van der Waals surface area contributed by atoms with Crippen LogP contribution in [0.1, 0.15) is 47.0 Å². The molecule has 4 atom stereocenters. The van der Waals surface area contributed by atoms with Gasteiger partial charge in [0.15, 0.2) is 0 Å². The van der Waals surface area contributed by atoms with Crippen LogP contribution in [0.4, 0.5) is 0 Å². The second kappa shape index (κ2) is 6.80. The SMILES string of the molecule is CC(CCC1C(C)SC1(C)C)NC(=O)[C@@H](N)CC(=O)O. The van der Waals surface area contributed by atoms with E-state index in [1.54, 1.807) is 0 Å². The van der Waals surface area contributed by atoms with Crippen molar-refractivity contribution >= 4 is 23.6 Å². The van der Waals surface area contributed by atoms with Gasteiger partial charge in [0, 0.05) is 16.0 Å². The van der Waals surface area contributed by atoms with Crippen molar-refractivity contribution in [2.45, 2.75) is 69.0 Å². The number of carboxylic acid groups (broad SMARTS) is 1. The maximum Gasteiger partial charge on any atom is 0.305 e. The molecule has 1 fully saturated rings. The monoisotopic (exact) mass is 302 g/mol. The first-order chi connectivity index (χ1) is 9.13. The number of thioether (sulfide) groups is 1. The predicted molar refractivity (Wildman–Crippen MR) is 81.7 cm³/mol. The summed E-state index contributed by atoms with van der Waals surface area (Å²) in [5.74, 6) is -0.767. The molecule has 1 saturated heterocycles. The number of carbonyl (C=O) groups is 2. The summed E-state index contributed by atoms with van der Waals surface area (Å²) >= 11 is 2.00. The molecular formula is C14H26N2O3S. The number of nitrogens with one attached hydrogen (secondary N) is 1. The highest BCUT2D eigenvalue weighted by Crippen LogP contribution is 2.53. The molecule has 1 heterocycles. The van der Waals surface area contributed by atoms with E-state index in [4.69, 9.17) is 10.8 Å². The molecule has 1 amide bonds.